The molecule has 2 rings (SSSR count). The number of sulfone groups is 1. The van der Waals surface area contributed by atoms with E-state index >= 15 is 0 Å². The standard InChI is InChI=1S/C11H10O3S/c1-8(12)11-10(7-15(11,13)14)9-5-3-2-4-6-9/h2-6H,7H2,1H3. The topological polar surface area (TPSA) is 51.2 Å². The van der Waals surface area contributed by atoms with E-state index in [-0.39, 0.29) is 16.4 Å². The second-order valence-corrected chi connectivity index (χ2v) is 5.42. The van der Waals surface area contributed by atoms with E-state index in [4.69, 9.17) is 0 Å². The van der Waals surface area contributed by atoms with Crippen molar-refractivity contribution in [3.63, 3.8) is 0 Å². The highest BCUT2D eigenvalue weighted by Crippen LogP contribution is 2.34. The summed E-state index contributed by atoms with van der Waals surface area (Å²) in [5.74, 6) is -0.397. The summed E-state index contributed by atoms with van der Waals surface area (Å²) in [6.07, 6.45) is 0. The zero-order valence-corrected chi connectivity index (χ0v) is 9.04. The van der Waals surface area contributed by atoms with Gasteiger partial charge < -0.3 is 0 Å². The molecule has 0 bridgehead atoms. The van der Waals surface area contributed by atoms with Crippen molar-refractivity contribution in [3.8, 4) is 0 Å². The first-order valence-corrected chi connectivity index (χ1v) is 6.20. The van der Waals surface area contributed by atoms with Gasteiger partial charge in [-0.05, 0) is 18.1 Å². The predicted molar refractivity (Wildman–Crippen MR) is 57.8 cm³/mol. The Bertz CT molecular complexity index is 538. The van der Waals surface area contributed by atoms with Crippen LogP contribution in [0.15, 0.2) is 35.2 Å². The summed E-state index contributed by atoms with van der Waals surface area (Å²) >= 11 is 0. The minimum absolute atomic E-state index is 0.0197. The van der Waals surface area contributed by atoms with Crippen LogP contribution in [0.25, 0.3) is 5.57 Å². The van der Waals surface area contributed by atoms with E-state index < -0.39 is 9.84 Å². The number of ketones is 1. The van der Waals surface area contributed by atoms with Crippen molar-refractivity contribution in [2.45, 2.75) is 6.92 Å². The SMILES string of the molecule is CC(=O)C1=C(c2ccccc2)CS1(=O)=O. The number of hydrogen-bond donors (Lipinski definition) is 0. The molecule has 0 amide bonds. The van der Waals surface area contributed by atoms with Crippen LogP contribution in [0.3, 0.4) is 0 Å². The average molecular weight is 222 g/mol. The maximum atomic E-state index is 11.4. The van der Waals surface area contributed by atoms with Crippen molar-refractivity contribution in [2.75, 3.05) is 5.75 Å². The number of hydrogen-bond acceptors (Lipinski definition) is 3. The Kier molecular flexibility index (Phi) is 2.23. The maximum Gasteiger partial charge on any atom is 0.186 e. The summed E-state index contributed by atoms with van der Waals surface area (Å²) in [4.78, 5) is 11.2. The van der Waals surface area contributed by atoms with E-state index in [1.807, 2.05) is 30.3 Å². The van der Waals surface area contributed by atoms with Crippen LogP contribution in [0.2, 0.25) is 0 Å². The number of benzene rings is 1. The number of rotatable bonds is 2. The summed E-state index contributed by atoms with van der Waals surface area (Å²) in [7, 11) is -3.29. The molecule has 0 spiro atoms. The van der Waals surface area contributed by atoms with Crippen molar-refractivity contribution >= 4 is 21.2 Å². The molecule has 0 aliphatic carbocycles. The zero-order chi connectivity index (χ0) is 11.1. The highest BCUT2D eigenvalue weighted by atomic mass is 32.2. The van der Waals surface area contributed by atoms with Crippen molar-refractivity contribution < 1.29 is 13.2 Å². The molecule has 1 aliphatic heterocycles. The van der Waals surface area contributed by atoms with Crippen LogP contribution in [-0.2, 0) is 14.6 Å². The van der Waals surface area contributed by atoms with Crippen LogP contribution in [0, 0.1) is 0 Å². The van der Waals surface area contributed by atoms with Gasteiger partial charge in [0, 0.05) is 0 Å². The second-order valence-electron chi connectivity index (χ2n) is 3.49. The van der Waals surface area contributed by atoms with E-state index in [1.165, 1.54) is 6.92 Å². The molecule has 78 valence electrons. The molecule has 0 N–H and O–H groups in total. The Morgan fingerprint density at radius 2 is 1.80 bits per heavy atom. The fraction of sp³-hybridized carbons (Fsp3) is 0.182. The summed E-state index contributed by atoms with van der Waals surface area (Å²) in [5, 5.41) is 0. The molecule has 0 aromatic heterocycles. The Balaban J connectivity index is 2.57. The van der Waals surface area contributed by atoms with Crippen molar-refractivity contribution in [3.05, 3.63) is 40.8 Å². The number of carbonyl (C=O) groups is 1. The van der Waals surface area contributed by atoms with Gasteiger partial charge in [-0.25, -0.2) is 8.42 Å². The largest absolute Gasteiger partial charge is 0.294 e. The van der Waals surface area contributed by atoms with Gasteiger partial charge in [-0.2, -0.15) is 0 Å². The molecule has 0 fully saturated rings. The lowest BCUT2D eigenvalue weighted by molar-refractivity contribution is -0.113. The first kappa shape index (κ1) is 10.1. The normalized spacial score (nSPS) is 18.5. The molecule has 1 aliphatic rings. The Morgan fingerprint density at radius 1 is 1.20 bits per heavy atom. The summed E-state index contributed by atoms with van der Waals surface area (Å²) in [6, 6.07) is 9.13. The monoisotopic (exact) mass is 222 g/mol. The molecule has 0 saturated heterocycles. The fourth-order valence-electron chi connectivity index (χ4n) is 1.72. The number of Topliss-reactive ketones (excluding diaryl/α,β-unsaturated/α-hetero) is 1. The van der Waals surface area contributed by atoms with Crippen LogP contribution in [0.5, 0.6) is 0 Å². The van der Waals surface area contributed by atoms with Gasteiger partial charge in [0.1, 0.15) is 4.91 Å². The zero-order valence-electron chi connectivity index (χ0n) is 8.23. The van der Waals surface area contributed by atoms with Gasteiger partial charge in [0.2, 0.25) is 0 Å². The van der Waals surface area contributed by atoms with Crippen LogP contribution < -0.4 is 0 Å². The van der Waals surface area contributed by atoms with E-state index in [2.05, 4.69) is 0 Å². The van der Waals surface area contributed by atoms with Crippen LogP contribution in [0.1, 0.15) is 12.5 Å². The van der Waals surface area contributed by atoms with Gasteiger partial charge in [0.15, 0.2) is 15.6 Å². The third-order valence-corrected chi connectivity index (χ3v) is 4.19. The molecular weight excluding hydrogens is 212 g/mol. The van der Waals surface area contributed by atoms with Gasteiger partial charge >= 0.3 is 0 Å². The predicted octanol–water partition coefficient (Wildman–Crippen LogP) is 1.42. The molecule has 3 nitrogen and oxygen atoms in total. The Hall–Kier alpha value is -1.42. The smallest absolute Gasteiger partial charge is 0.186 e. The van der Waals surface area contributed by atoms with Crippen molar-refractivity contribution in [2.24, 2.45) is 0 Å². The molecule has 0 atom stereocenters. The van der Waals surface area contributed by atoms with Gasteiger partial charge in [0.05, 0.1) is 5.75 Å². The quantitative estimate of drug-likeness (QED) is 0.760. The molecule has 1 heterocycles. The lowest BCUT2D eigenvalue weighted by Gasteiger charge is -2.22. The van der Waals surface area contributed by atoms with Crippen LogP contribution in [-0.4, -0.2) is 20.0 Å². The summed E-state index contributed by atoms with van der Waals surface area (Å²) in [6.45, 7) is 1.29. The molecule has 0 radical (unpaired) electrons. The van der Waals surface area contributed by atoms with Crippen LogP contribution in [0.4, 0.5) is 0 Å². The Morgan fingerprint density at radius 3 is 2.27 bits per heavy atom. The molecule has 1 aromatic carbocycles. The summed E-state index contributed by atoms with van der Waals surface area (Å²) in [5.41, 5.74) is 1.46. The van der Waals surface area contributed by atoms with E-state index in [1.54, 1.807) is 0 Å². The third-order valence-electron chi connectivity index (χ3n) is 2.36. The molecule has 4 heteroatoms. The van der Waals surface area contributed by atoms with Crippen molar-refractivity contribution in [1.82, 2.24) is 0 Å². The minimum atomic E-state index is -3.29. The molecule has 0 unspecified atom stereocenters. The molecule has 0 saturated carbocycles. The summed E-state index contributed by atoms with van der Waals surface area (Å²) < 4.78 is 22.7. The fourth-order valence-corrected chi connectivity index (χ4v) is 3.31. The first-order chi connectivity index (χ1) is 7.02. The van der Waals surface area contributed by atoms with Gasteiger partial charge in [-0.3, -0.25) is 4.79 Å². The third kappa shape index (κ3) is 1.61. The molecule has 15 heavy (non-hydrogen) atoms. The highest BCUT2D eigenvalue weighted by molar-refractivity contribution is 7.98. The van der Waals surface area contributed by atoms with E-state index in [0.29, 0.717) is 5.57 Å². The minimum Gasteiger partial charge on any atom is -0.294 e. The molecular formula is C11H10O3S. The lowest BCUT2D eigenvalue weighted by atomic mass is 10.1. The maximum absolute atomic E-state index is 11.4. The van der Waals surface area contributed by atoms with Gasteiger partial charge in [-0.1, -0.05) is 30.3 Å². The van der Waals surface area contributed by atoms with E-state index in [9.17, 15) is 13.2 Å². The van der Waals surface area contributed by atoms with Gasteiger partial charge in [0.25, 0.3) is 0 Å². The lowest BCUT2D eigenvalue weighted by Crippen LogP contribution is -2.27. The van der Waals surface area contributed by atoms with Gasteiger partial charge in [-0.15, -0.1) is 0 Å². The Labute approximate surface area is 88.3 Å². The first-order valence-electron chi connectivity index (χ1n) is 4.54. The van der Waals surface area contributed by atoms with Crippen molar-refractivity contribution in [1.29, 1.82) is 0 Å². The van der Waals surface area contributed by atoms with E-state index in [0.717, 1.165) is 5.56 Å². The number of carbonyl (C=O) groups excluding carboxylic acids is 1. The molecule has 1 aromatic rings. The number of allylic oxidation sites excluding steroid dienone is 1. The second kappa shape index (κ2) is 3.31. The van der Waals surface area contributed by atoms with Crippen LogP contribution >= 0.6 is 0 Å². The highest BCUT2D eigenvalue weighted by Gasteiger charge is 2.37. The average Bonchev–Trinajstić information content (AvgIpc) is 2.15.